The van der Waals surface area contributed by atoms with Gasteiger partial charge in [0.05, 0.1) is 28.9 Å². The maximum atomic E-state index is 12.7. The highest BCUT2D eigenvalue weighted by Gasteiger charge is 2.24. The Bertz CT molecular complexity index is 1160. The second-order valence-corrected chi connectivity index (χ2v) is 7.18. The quantitative estimate of drug-likeness (QED) is 0.489. The highest BCUT2D eigenvalue weighted by atomic mass is 16.5. The molecule has 1 N–H and O–H groups in total. The van der Waals surface area contributed by atoms with Crippen LogP contribution in [0.15, 0.2) is 24.3 Å². The Labute approximate surface area is 174 Å². The summed E-state index contributed by atoms with van der Waals surface area (Å²) in [5, 5.41) is 0.676. The number of nitrogens with one attached hydrogen (secondary N) is 1. The van der Waals surface area contributed by atoms with Crippen LogP contribution in [0.2, 0.25) is 0 Å². The lowest BCUT2D eigenvalue weighted by atomic mass is 10.1. The second-order valence-electron chi connectivity index (χ2n) is 7.18. The van der Waals surface area contributed by atoms with Crippen LogP contribution in [0.25, 0.3) is 10.9 Å². The Kier molecular flexibility index (Phi) is 6.01. The van der Waals surface area contributed by atoms with Crippen LogP contribution >= 0.6 is 0 Å². The van der Waals surface area contributed by atoms with E-state index in [0.29, 0.717) is 39.0 Å². The molecule has 0 spiro atoms. The van der Waals surface area contributed by atoms with Gasteiger partial charge in [-0.3, -0.25) is 9.78 Å². The summed E-state index contributed by atoms with van der Waals surface area (Å²) in [6, 6.07) is 7.29. The molecule has 3 rings (SSSR count). The summed E-state index contributed by atoms with van der Waals surface area (Å²) in [4.78, 5) is 44.8. The molecule has 0 bridgehead atoms. The topological polar surface area (TPSA) is 98.4 Å². The van der Waals surface area contributed by atoms with Crippen molar-refractivity contribution in [2.24, 2.45) is 0 Å². The molecule has 30 heavy (non-hydrogen) atoms. The molecule has 0 aliphatic heterocycles. The molecule has 2 aromatic heterocycles. The fourth-order valence-electron chi connectivity index (χ4n) is 3.46. The first-order valence-electron chi connectivity index (χ1n) is 9.67. The molecule has 2 heterocycles. The molecular formula is C23H24N2O5. The summed E-state index contributed by atoms with van der Waals surface area (Å²) < 4.78 is 10.3. The number of carbonyl (C=O) groups is 3. The van der Waals surface area contributed by atoms with E-state index in [-0.39, 0.29) is 12.3 Å². The number of carbonyl (C=O) groups excluding carboxylic acids is 3. The van der Waals surface area contributed by atoms with Crippen molar-refractivity contribution >= 4 is 28.6 Å². The molecular weight excluding hydrogens is 384 g/mol. The van der Waals surface area contributed by atoms with Crippen molar-refractivity contribution in [2.45, 2.75) is 34.6 Å². The van der Waals surface area contributed by atoms with Crippen molar-refractivity contribution in [3.8, 4) is 0 Å². The van der Waals surface area contributed by atoms with Gasteiger partial charge in [-0.15, -0.1) is 0 Å². The molecule has 7 heteroatoms. The standard InChI is InChI=1S/C23H24N2O5/c1-6-29-23(28)20-14(4)21(25-15(20)5)19(26)11-30-22(27)17-10-13(3)24-18-8-7-12(2)9-16(17)18/h7-10,25H,6,11H2,1-5H3. The number of pyridine rings is 1. The predicted octanol–water partition coefficient (Wildman–Crippen LogP) is 4.01. The van der Waals surface area contributed by atoms with E-state index in [1.807, 2.05) is 25.1 Å². The summed E-state index contributed by atoms with van der Waals surface area (Å²) in [5.41, 5.74) is 4.29. The minimum atomic E-state index is -0.601. The maximum absolute atomic E-state index is 12.7. The fraction of sp³-hybridized carbons (Fsp3) is 0.304. The summed E-state index contributed by atoms with van der Waals surface area (Å²) in [6.07, 6.45) is 0. The Morgan fingerprint density at radius 2 is 1.73 bits per heavy atom. The minimum absolute atomic E-state index is 0.231. The molecule has 156 valence electrons. The van der Waals surface area contributed by atoms with Gasteiger partial charge in [0.1, 0.15) is 0 Å². The predicted molar refractivity (Wildman–Crippen MR) is 112 cm³/mol. The van der Waals surface area contributed by atoms with Crippen LogP contribution in [0.3, 0.4) is 0 Å². The number of H-pyrrole nitrogens is 1. The number of nitrogens with zero attached hydrogens (tertiary/aromatic N) is 1. The van der Waals surface area contributed by atoms with Crippen LogP contribution in [-0.2, 0) is 9.47 Å². The highest BCUT2D eigenvalue weighted by Crippen LogP contribution is 2.22. The Morgan fingerprint density at radius 3 is 2.43 bits per heavy atom. The number of hydrogen-bond acceptors (Lipinski definition) is 6. The van der Waals surface area contributed by atoms with Crippen LogP contribution in [0, 0.1) is 27.7 Å². The number of rotatable bonds is 6. The monoisotopic (exact) mass is 408 g/mol. The third-order valence-corrected chi connectivity index (χ3v) is 4.84. The van der Waals surface area contributed by atoms with E-state index in [4.69, 9.17) is 9.47 Å². The number of aromatic nitrogens is 2. The zero-order valence-corrected chi connectivity index (χ0v) is 17.7. The summed E-state index contributed by atoms with van der Waals surface area (Å²) in [7, 11) is 0. The van der Waals surface area contributed by atoms with Crippen molar-refractivity contribution in [1.82, 2.24) is 9.97 Å². The lowest BCUT2D eigenvalue weighted by Crippen LogP contribution is -2.16. The van der Waals surface area contributed by atoms with Crippen molar-refractivity contribution in [2.75, 3.05) is 13.2 Å². The third kappa shape index (κ3) is 4.10. The van der Waals surface area contributed by atoms with Gasteiger partial charge in [0.15, 0.2) is 6.61 Å². The number of hydrogen-bond donors (Lipinski definition) is 1. The molecule has 0 saturated heterocycles. The highest BCUT2D eigenvalue weighted by molar-refractivity contribution is 6.06. The Morgan fingerprint density at radius 1 is 1.00 bits per heavy atom. The first-order valence-corrected chi connectivity index (χ1v) is 9.67. The normalized spacial score (nSPS) is 10.8. The van der Waals surface area contributed by atoms with Gasteiger partial charge >= 0.3 is 11.9 Å². The van der Waals surface area contributed by atoms with Crippen LogP contribution in [0.1, 0.15) is 60.6 Å². The fourth-order valence-corrected chi connectivity index (χ4v) is 3.46. The lowest BCUT2D eigenvalue weighted by molar-refractivity contribution is 0.0474. The van der Waals surface area contributed by atoms with Crippen LogP contribution in [0.4, 0.5) is 0 Å². The van der Waals surface area contributed by atoms with Crippen molar-refractivity contribution < 1.29 is 23.9 Å². The number of benzene rings is 1. The molecule has 0 amide bonds. The van der Waals surface area contributed by atoms with Gasteiger partial charge in [-0.05, 0) is 58.4 Å². The van der Waals surface area contributed by atoms with E-state index in [1.54, 1.807) is 33.8 Å². The number of aryl methyl sites for hydroxylation is 3. The van der Waals surface area contributed by atoms with Crippen molar-refractivity contribution in [3.63, 3.8) is 0 Å². The van der Waals surface area contributed by atoms with E-state index >= 15 is 0 Å². The smallest absolute Gasteiger partial charge is 0.340 e. The summed E-state index contributed by atoms with van der Waals surface area (Å²) >= 11 is 0. The Balaban J connectivity index is 1.81. The van der Waals surface area contributed by atoms with Gasteiger partial charge < -0.3 is 14.5 Å². The molecule has 3 aromatic rings. The first kappa shape index (κ1) is 21.2. The van der Waals surface area contributed by atoms with E-state index in [0.717, 1.165) is 5.56 Å². The zero-order valence-electron chi connectivity index (χ0n) is 17.7. The molecule has 0 aliphatic rings. The molecule has 0 atom stereocenters. The largest absolute Gasteiger partial charge is 0.462 e. The van der Waals surface area contributed by atoms with E-state index in [1.165, 1.54) is 0 Å². The average molecular weight is 408 g/mol. The number of ketones is 1. The molecule has 0 aliphatic carbocycles. The number of ether oxygens (including phenoxy) is 2. The molecule has 0 radical (unpaired) electrons. The molecule has 1 aromatic carbocycles. The van der Waals surface area contributed by atoms with Gasteiger partial charge in [0, 0.05) is 16.8 Å². The number of Topliss-reactive ketones (excluding diaryl/α,β-unsaturated/α-hetero) is 1. The molecule has 0 fully saturated rings. The number of fused-ring (bicyclic) bond motifs is 1. The first-order chi connectivity index (χ1) is 14.2. The van der Waals surface area contributed by atoms with E-state index in [2.05, 4.69) is 9.97 Å². The van der Waals surface area contributed by atoms with Gasteiger partial charge in [-0.25, -0.2) is 9.59 Å². The minimum Gasteiger partial charge on any atom is -0.462 e. The number of esters is 2. The van der Waals surface area contributed by atoms with Crippen LogP contribution in [0.5, 0.6) is 0 Å². The summed E-state index contributed by atoms with van der Waals surface area (Å²) in [5.74, 6) is -1.52. The average Bonchev–Trinajstić information content (AvgIpc) is 3.00. The van der Waals surface area contributed by atoms with Gasteiger partial charge in [0.25, 0.3) is 0 Å². The van der Waals surface area contributed by atoms with Gasteiger partial charge in [-0.2, -0.15) is 0 Å². The maximum Gasteiger partial charge on any atom is 0.340 e. The lowest BCUT2D eigenvalue weighted by Gasteiger charge is -2.09. The van der Waals surface area contributed by atoms with Crippen molar-refractivity contribution in [3.05, 3.63) is 63.6 Å². The molecule has 0 saturated carbocycles. The molecule has 7 nitrogen and oxygen atoms in total. The van der Waals surface area contributed by atoms with Gasteiger partial charge in [0.2, 0.25) is 5.78 Å². The summed E-state index contributed by atoms with van der Waals surface area (Å²) in [6.45, 7) is 8.58. The zero-order chi connectivity index (χ0) is 22.0. The molecule has 0 unspecified atom stereocenters. The van der Waals surface area contributed by atoms with Gasteiger partial charge in [-0.1, -0.05) is 11.6 Å². The van der Waals surface area contributed by atoms with Crippen LogP contribution < -0.4 is 0 Å². The van der Waals surface area contributed by atoms with Crippen molar-refractivity contribution in [1.29, 1.82) is 0 Å². The SMILES string of the molecule is CCOC(=O)c1c(C)[nH]c(C(=O)COC(=O)c2cc(C)nc3ccc(C)cc23)c1C. The van der Waals surface area contributed by atoms with E-state index < -0.39 is 24.3 Å². The third-order valence-electron chi connectivity index (χ3n) is 4.84. The Hall–Kier alpha value is -3.48. The second kappa shape index (κ2) is 8.49. The number of aromatic amines is 1. The van der Waals surface area contributed by atoms with E-state index in [9.17, 15) is 14.4 Å². The van der Waals surface area contributed by atoms with Crippen LogP contribution in [-0.4, -0.2) is 40.9 Å².